The first-order valence-corrected chi connectivity index (χ1v) is 7.13. The van der Waals surface area contributed by atoms with E-state index < -0.39 is 6.03 Å². The van der Waals surface area contributed by atoms with Crippen LogP contribution in [0.2, 0.25) is 0 Å². The number of fused-ring (bicyclic) bond motifs is 3. The number of rotatable bonds is 1. The van der Waals surface area contributed by atoms with Crippen LogP contribution in [0.4, 0.5) is 14.9 Å². The largest absolute Gasteiger partial charge is 0.351 e. The quantitative estimate of drug-likeness (QED) is 0.751. The molecule has 1 aliphatic rings. The summed E-state index contributed by atoms with van der Waals surface area (Å²) >= 11 is 0. The average Bonchev–Trinajstić information content (AvgIpc) is 2.99. The Balaban J connectivity index is 1.90. The summed E-state index contributed by atoms with van der Waals surface area (Å²) in [4.78, 5) is 17.8. The van der Waals surface area contributed by atoms with Gasteiger partial charge in [-0.15, -0.1) is 0 Å². The molecule has 5 nitrogen and oxygen atoms in total. The highest BCUT2D eigenvalue weighted by Gasteiger charge is 2.27. The monoisotopic (exact) mass is 308 g/mol. The molecule has 0 fully saturated rings. The summed E-state index contributed by atoms with van der Waals surface area (Å²) in [7, 11) is 0. The van der Waals surface area contributed by atoms with Gasteiger partial charge in [-0.1, -0.05) is 12.1 Å². The molecule has 0 saturated heterocycles. The molecule has 0 aliphatic carbocycles. The van der Waals surface area contributed by atoms with Crippen LogP contribution in [0.25, 0.3) is 16.9 Å². The van der Waals surface area contributed by atoms with Crippen LogP contribution in [0.1, 0.15) is 5.69 Å². The molecule has 4 rings (SSSR count). The van der Waals surface area contributed by atoms with Gasteiger partial charge in [0.05, 0.1) is 29.3 Å². The number of amides is 2. The minimum atomic E-state index is -0.519. The number of anilines is 1. The Labute approximate surface area is 131 Å². The third kappa shape index (κ3) is 2.07. The fourth-order valence-corrected chi connectivity index (χ4v) is 2.91. The van der Waals surface area contributed by atoms with Gasteiger partial charge in [-0.2, -0.15) is 0 Å². The van der Waals surface area contributed by atoms with Crippen molar-refractivity contribution < 1.29 is 9.18 Å². The van der Waals surface area contributed by atoms with Gasteiger partial charge in [-0.25, -0.2) is 14.2 Å². The Morgan fingerprint density at radius 2 is 1.78 bits per heavy atom. The number of aromatic nitrogens is 2. The maximum atomic E-state index is 13.1. The molecule has 0 bridgehead atoms. The van der Waals surface area contributed by atoms with Gasteiger partial charge < -0.3 is 5.73 Å². The van der Waals surface area contributed by atoms with E-state index >= 15 is 0 Å². The van der Waals surface area contributed by atoms with Gasteiger partial charge >= 0.3 is 6.03 Å². The lowest BCUT2D eigenvalue weighted by Gasteiger charge is -2.29. The van der Waals surface area contributed by atoms with E-state index in [4.69, 9.17) is 5.73 Å². The number of urea groups is 1. The zero-order chi connectivity index (χ0) is 16.0. The maximum Gasteiger partial charge on any atom is 0.319 e. The molecule has 0 atom stereocenters. The molecule has 0 saturated carbocycles. The summed E-state index contributed by atoms with van der Waals surface area (Å²) in [5.74, 6) is -0.300. The lowest BCUT2D eigenvalue weighted by atomic mass is 10.1. The molecule has 1 aromatic heterocycles. The third-order valence-electron chi connectivity index (χ3n) is 3.99. The molecule has 0 radical (unpaired) electrons. The van der Waals surface area contributed by atoms with E-state index in [2.05, 4.69) is 4.98 Å². The Kier molecular flexibility index (Phi) is 2.90. The summed E-state index contributed by atoms with van der Waals surface area (Å²) < 4.78 is 15.1. The van der Waals surface area contributed by atoms with Crippen LogP contribution in [0.5, 0.6) is 0 Å². The van der Waals surface area contributed by atoms with Crippen molar-refractivity contribution in [2.24, 2.45) is 5.73 Å². The van der Waals surface area contributed by atoms with Crippen molar-refractivity contribution in [2.75, 3.05) is 4.90 Å². The van der Waals surface area contributed by atoms with Gasteiger partial charge in [0, 0.05) is 5.56 Å². The van der Waals surface area contributed by atoms with Crippen LogP contribution in [0, 0.1) is 5.82 Å². The molecule has 3 aromatic rings. The molecule has 0 unspecified atom stereocenters. The zero-order valence-corrected chi connectivity index (χ0v) is 12.1. The summed E-state index contributed by atoms with van der Waals surface area (Å²) in [6, 6.07) is 13.1. The number of hydrogen-bond donors (Lipinski definition) is 1. The molecule has 2 amide bonds. The minimum Gasteiger partial charge on any atom is -0.351 e. The summed E-state index contributed by atoms with van der Waals surface area (Å²) in [6.45, 7) is 0.319. The second-order valence-electron chi connectivity index (χ2n) is 5.33. The smallest absolute Gasteiger partial charge is 0.319 e. The second kappa shape index (κ2) is 4.95. The molecule has 2 heterocycles. The number of halogens is 1. The van der Waals surface area contributed by atoms with Crippen molar-refractivity contribution in [2.45, 2.75) is 6.54 Å². The lowest BCUT2D eigenvalue weighted by molar-refractivity contribution is 0.253. The maximum absolute atomic E-state index is 13.1. The molecule has 0 spiro atoms. The van der Waals surface area contributed by atoms with Crippen molar-refractivity contribution in [1.29, 1.82) is 0 Å². The van der Waals surface area contributed by atoms with Crippen LogP contribution in [-0.4, -0.2) is 15.6 Å². The van der Waals surface area contributed by atoms with Gasteiger partial charge in [-0.05, 0) is 36.4 Å². The van der Waals surface area contributed by atoms with E-state index in [0.717, 1.165) is 22.6 Å². The molecule has 23 heavy (non-hydrogen) atoms. The molecule has 114 valence electrons. The Morgan fingerprint density at radius 3 is 2.48 bits per heavy atom. The summed E-state index contributed by atoms with van der Waals surface area (Å²) in [6.07, 6.45) is 1.71. The standard InChI is InChI=1S/C17H13FN4O/c18-12-7-5-11(6-8-12)16-15-9-21(17(19)23)13-3-1-2-4-14(13)22(15)10-20-16/h1-8,10H,9H2,(H2,19,23). The zero-order valence-electron chi connectivity index (χ0n) is 12.1. The van der Waals surface area contributed by atoms with Gasteiger partial charge in [0.2, 0.25) is 0 Å². The van der Waals surface area contributed by atoms with Crippen LogP contribution < -0.4 is 10.6 Å². The van der Waals surface area contributed by atoms with E-state index in [0.29, 0.717) is 12.2 Å². The predicted molar refractivity (Wildman–Crippen MR) is 84.7 cm³/mol. The number of benzene rings is 2. The number of hydrogen-bond acceptors (Lipinski definition) is 2. The number of nitrogens with two attached hydrogens (primary N) is 1. The first-order chi connectivity index (χ1) is 11.1. The number of carbonyl (C=O) groups excluding carboxylic acids is 1. The molecule has 1 aliphatic heterocycles. The fraction of sp³-hybridized carbons (Fsp3) is 0.0588. The molecule has 2 aromatic carbocycles. The minimum absolute atomic E-state index is 0.300. The van der Waals surface area contributed by atoms with Crippen molar-refractivity contribution in [3.05, 3.63) is 66.4 Å². The molecule has 2 N–H and O–H groups in total. The molecule has 6 heteroatoms. The van der Waals surface area contributed by atoms with Crippen molar-refractivity contribution in [1.82, 2.24) is 9.55 Å². The van der Waals surface area contributed by atoms with E-state index in [1.807, 2.05) is 28.8 Å². The molecular formula is C17H13FN4O. The van der Waals surface area contributed by atoms with Gasteiger partial charge in [-0.3, -0.25) is 9.47 Å². The Hall–Kier alpha value is -3.15. The second-order valence-corrected chi connectivity index (χ2v) is 5.33. The van der Waals surface area contributed by atoms with E-state index in [-0.39, 0.29) is 5.82 Å². The van der Waals surface area contributed by atoms with E-state index in [1.165, 1.54) is 17.0 Å². The van der Waals surface area contributed by atoms with Crippen LogP contribution in [0.15, 0.2) is 54.9 Å². The van der Waals surface area contributed by atoms with Crippen LogP contribution in [-0.2, 0) is 6.54 Å². The topological polar surface area (TPSA) is 64.2 Å². The lowest BCUT2D eigenvalue weighted by Crippen LogP contribution is -2.38. The first kappa shape index (κ1) is 13.5. The third-order valence-corrected chi connectivity index (χ3v) is 3.99. The SMILES string of the molecule is NC(=O)N1Cc2c(-c3ccc(F)cc3)ncn2-c2ccccc21. The number of para-hydroxylation sites is 2. The van der Waals surface area contributed by atoms with E-state index in [1.54, 1.807) is 18.5 Å². The predicted octanol–water partition coefficient (Wildman–Crippen LogP) is 3.08. The van der Waals surface area contributed by atoms with Gasteiger partial charge in [0.1, 0.15) is 12.1 Å². The first-order valence-electron chi connectivity index (χ1n) is 7.13. The molecular weight excluding hydrogens is 295 g/mol. The fourth-order valence-electron chi connectivity index (χ4n) is 2.91. The van der Waals surface area contributed by atoms with Crippen LogP contribution >= 0.6 is 0 Å². The average molecular weight is 308 g/mol. The summed E-state index contributed by atoms with van der Waals surface area (Å²) in [5.41, 5.74) is 9.46. The Morgan fingerprint density at radius 1 is 1.09 bits per heavy atom. The van der Waals surface area contributed by atoms with E-state index in [9.17, 15) is 9.18 Å². The number of imidazole rings is 1. The van der Waals surface area contributed by atoms with Crippen LogP contribution in [0.3, 0.4) is 0 Å². The number of carbonyl (C=O) groups is 1. The van der Waals surface area contributed by atoms with Gasteiger partial charge in [0.15, 0.2) is 0 Å². The normalized spacial score (nSPS) is 12.7. The van der Waals surface area contributed by atoms with Crippen molar-refractivity contribution in [3.63, 3.8) is 0 Å². The highest BCUT2D eigenvalue weighted by atomic mass is 19.1. The highest BCUT2D eigenvalue weighted by molar-refractivity contribution is 5.94. The van der Waals surface area contributed by atoms with Crippen molar-refractivity contribution in [3.8, 4) is 16.9 Å². The summed E-state index contributed by atoms with van der Waals surface area (Å²) in [5, 5.41) is 0. The van der Waals surface area contributed by atoms with Crippen molar-refractivity contribution >= 4 is 11.7 Å². The highest BCUT2D eigenvalue weighted by Crippen LogP contribution is 2.35. The number of primary amides is 1. The number of nitrogens with zero attached hydrogens (tertiary/aromatic N) is 3. The van der Waals surface area contributed by atoms with Gasteiger partial charge in [0.25, 0.3) is 0 Å². The Bertz CT molecular complexity index is 901.